The van der Waals surface area contributed by atoms with Crippen LogP contribution < -0.4 is 0 Å². The minimum absolute atomic E-state index is 0.112. The Balaban J connectivity index is 2.41. The Labute approximate surface area is 73.3 Å². The maximum atomic E-state index is 12.9. The van der Waals surface area contributed by atoms with Crippen molar-refractivity contribution < 1.29 is 18.8 Å². The Kier molecular flexibility index (Phi) is 1.79. The van der Waals surface area contributed by atoms with Gasteiger partial charge in [-0.05, 0) is 6.42 Å². The first-order chi connectivity index (χ1) is 6.18. The van der Waals surface area contributed by atoms with Crippen LogP contribution in [0.5, 0.6) is 0 Å². The van der Waals surface area contributed by atoms with E-state index in [0.29, 0.717) is 24.2 Å². The third-order valence-electron chi connectivity index (χ3n) is 2.18. The minimum Gasteiger partial charge on any atom is -0.476 e. The first kappa shape index (κ1) is 8.22. The van der Waals surface area contributed by atoms with Crippen LogP contribution in [0.25, 0.3) is 0 Å². The summed E-state index contributed by atoms with van der Waals surface area (Å²) in [6.45, 7) is 0. The number of halogens is 1. The van der Waals surface area contributed by atoms with Gasteiger partial charge in [0, 0.05) is 18.4 Å². The third kappa shape index (κ3) is 1.30. The third-order valence-corrected chi connectivity index (χ3v) is 2.18. The average Bonchev–Trinajstić information content (AvgIpc) is 2.46. The van der Waals surface area contributed by atoms with Crippen molar-refractivity contribution in [2.24, 2.45) is 0 Å². The maximum Gasteiger partial charge on any atom is 0.358 e. The number of aromatic carboxylic acids is 1. The van der Waals surface area contributed by atoms with Crippen molar-refractivity contribution in [1.29, 1.82) is 0 Å². The van der Waals surface area contributed by atoms with Gasteiger partial charge in [-0.25, -0.2) is 9.18 Å². The lowest BCUT2D eigenvalue weighted by molar-refractivity contribution is 0.0684. The summed E-state index contributed by atoms with van der Waals surface area (Å²) in [5.74, 6) is -0.634. The lowest BCUT2D eigenvalue weighted by Gasteiger charge is -2.12. The fourth-order valence-corrected chi connectivity index (χ4v) is 1.53. The number of aromatic nitrogens is 1. The van der Waals surface area contributed by atoms with Crippen molar-refractivity contribution in [1.82, 2.24) is 5.16 Å². The number of carbonyl (C=O) groups is 1. The number of carboxylic acid groups (broad SMARTS) is 1. The number of alkyl halides is 1. The van der Waals surface area contributed by atoms with E-state index in [0.717, 1.165) is 0 Å². The number of fused-ring (bicyclic) bond motifs is 1. The van der Waals surface area contributed by atoms with Gasteiger partial charge < -0.3 is 9.63 Å². The van der Waals surface area contributed by atoms with Gasteiger partial charge in [-0.15, -0.1) is 0 Å². The van der Waals surface area contributed by atoms with E-state index in [4.69, 9.17) is 9.63 Å². The highest BCUT2D eigenvalue weighted by Gasteiger charge is 2.28. The maximum absolute atomic E-state index is 12.9. The molecule has 0 saturated heterocycles. The van der Waals surface area contributed by atoms with Gasteiger partial charge in [0.05, 0.1) is 0 Å². The Morgan fingerprint density at radius 2 is 2.46 bits per heavy atom. The van der Waals surface area contributed by atoms with Crippen molar-refractivity contribution >= 4 is 5.97 Å². The highest BCUT2D eigenvalue weighted by atomic mass is 19.1. The Bertz CT molecular complexity index is 347. The van der Waals surface area contributed by atoms with Gasteiger partial charge in [-0.2, -0.15) is 0 Å². The van der Waals surface area contributed by atoms with E-state index in [2.05, 4.69) is 5.16 Å². The first-order valence-electron chi connectivity index (χ1n) is 4.03. The molecule has 0 radical (unpaired) electrons. The summed E-state index contributed by atoms with van der Waals surface area (Å²) in [6, 6.07) is 0. The zero-order valence-corrected chi connectivity index (χ0v) is 6.79. The molecule has 0 fully saturated rings. The van der Waals surface area contributed by atoms with Crippen LogP contribution in [0.3, 0.4) is 0 Å². The first-order valence-corrected chi connectivity index (χ1v) is 4.03. The van der Waals surface area contributed by atoms with E-state index < -0.39 is 12.1 Å². The standard InChI is InChI=1S/C8H8FNO3/c9-4-1-2-6-5(3-4)7(8(11)12)10-13-6/h4H,1-3H2,(H,11,12). The van der Waals surface area contributed by atoms with Gasteiger partial charge in [0.25, 0.3) is 0 Å². The molecule has 70 valence electrons. The fourth-order valence-electron chi connectivity index (χ4n) is 1.53. The van der Waals surface area contributed by atoms with Crippen molar-refractivity contribution in [2.75, 3.05) is 0 Å². The van der Waals surface area contributed by atoms with Crippen LogP contribution in [0.2, 0.25) is 0 Å². The van der Waals surface area contributed by atoms with Crippen molar-refractivity contribution in [3.05, 3.63) is 17.0 Å². The summed E-state index contributed by atoms with van der Waals surface area (Å²) in [6.07, 6.45) is -0.0246. The van der Waals surface area contributed by atoms with Gasteiger partial charge in [0.1, 0.15) is 11.9 Å². The Morgan fingerprint density at radius 1 is 1.69 bits per heavy atom. The molecular formula is C8H8FNO3. The molecule has 1 aromatic heterocycles. The predicted molar refractivity (Wildman–Crippen MR) is 40.4 cm³/mol. The zero-order chi connectivity index (χ0) is 9.42. The summed E-state index contributed by atoms with van der Waals surface area (Å²) in [5.41, 5.74) is 0.281. The molecule has 0 saturated carbocycles. The summed E-state index contributed by atoms with van der Waals surface area (Å²) in [7, 11) is 0. The molecule has 1 unspecified atom stereocenters. The molecule has 1 aromatic rings. The highest BCUT2D eigenvalue weighted by molar-refractivity contribution is 5.87. The van der Waals surface area contributed by atoms with Crippen molar-refractivity contribution in [3.63, 3.8) is 0 Å². The van der Waals surface area contributed by atoms with E-state index in [1.807, 2.05) is 0 Å². The molecule has 1 heterocycles. The number of rotatable bonds is 1. The van der Waals surface area contributed by atoms with Crippen LogP contribution in [-0.2, 0) is 12.8 Å². The average molecular weight is 185 g/mol. The topological polar surface area (TPSA) is 63.3 Å². The van der Waals surface area contributed by atoms with Crippen LogP contribution in [-0.4, -0.2) is 22.4 Å². The van der Waals surface area contributed by atoms with Crippen molar-refractivity contribution in [2.45, 2.75) is 25.4 Å². The second kappa shape index (κ2) is 2.83. The molecule has 13 heavy (non-hydrogen) atoms. The smallest absolute Gasteiger partial charge is 0.358 e. The van der Waals surface area contributed by atoms with Crippen LogP contribution >= 0.6 is 0 Å². The molecule has 1 aliphatic rings. The molecule has 4 nitrogen and oxygen atoms in total. The second-order valence-electron chi connectivity index (χ2n) is 3.08. The lowest BCUT2D eigenvalue weighted by Crippen LogP contribution is -2.15. The molecule has 0 amide bonds. The van der Waals surface area contributed by atoms with Crippen LogP contribution in [0.15, 0.2) is 4.52 Å². The van der Waals surface area contributed by atoms with E-state index in [1.54, 1.807) is 0 Å². The molecule has 0 aliphatic heterocycles. The molecule has 0 spiro atoms. The van der Waals surface area contributed by atoms with Gasteiger partial charge in [-0.1, -0.05) is 5.16 Å². The van der Waals surface area contributed by atoms with E-state index in [-0.39, 0.29) is 12.1 Å². The number of hydrogen-bond acceptors (Lipinski definition) is 3. The van der Waals surface area contributed by atoms with Gasteiger partial charge in [-0.3, -0.25) is 0 Å². The molecule has 5 heteroatoms. The largest absolute Gasteiger partial charge is 0.476 e. The number of carboxylic acids is 1. The SMILES string of the molecule is O=C(O)c1noc2c1CC(F)CC2. The fraction of sp³-hybridized carbons (Fsp3) is 0.500. The van der Waals surface area contributed by atoms with Gasteiger partial charge in [0.15, 0.2) is 5.69 Å². The Hall–Kier alpha value is -1.39. The quantitative estimate of drug-likeness (QED) is 0.714. The molecule has 0 aromatic carbocycles. The normalized spacial score (nSPS) is 21.2. The molecule has 1 atom stereocenters. The molecule has 2 rings (SSSR count). The number of hydrogen-bond donors (Lipinski definition) is 1. The minimum atomic E-state index is -1.15. The Morgan fingerprint density at radius 3 is 3.15 bits per heavy atom. The van der Waals surface area contributed by atoms with E-state index >= 15 is 0 Å². The van der Waals surface area contributed by atoms with Gasteiger partial charge in [0.2, 0.25) is 0 Å². The molecule has 1 N–H and O–H groups in total. The molecule has 0 bridgehead atoms. The summed E-state index contributed by atoms with van der Waals surface area (Å²) >= 11 is 0. The highest BCUT2D eigenvalue weighted by Crippen LogP contribution is 2.25. The van der Waals surface area contributed by atoms with Crippen LogP contribution in [0, 0.1) is 0 Å². The van der Waals surface area contributed by atoms with E-state index in [1.165, 1.54) is 0 Å². The lowest BCUT2D eigenvalue weighted by atomic mass is 9.95. The van der Waals surface area contributed by atoms with Crippen molar-refractivity contribution in [3.8, 4) is 0 Å². The van der Waals surface area contributed by atoms with E-state index in [9.17, 15) is 9.18 Å². The van der Waals surface area contributed by atoms with Crippen LogP contribution in [0.4, 0.5) is 4.39 Å². The van der Waals surface area contributed by atoms with Crippen LogP contribution in [0.1, 0.15) is 28.2 Å². The summed E-state index contributed by atoms with van der Waals surface area (Å²) in [5, 5.41) is 12.1. The number of aryl methyl sites for hydroxylation is 1. The molecule has 1 aliphatic carbocycles. The zero-order valence-electron chi connectivity index (χ0n) is 6.79. The van der Waals surface area contributed by atoms with Gasteiger partial charge >= 0.3 is 5.97 Å². The summed E-state index contributed by atoms with van der Waals surface area (Å²) < 4.78 is 17.7. The monoisotopic (exact) mass is 185 g/mol. The molecular weight excluding hydrogens is 177 g/mol. The number of nitrogens with zero attached hydrogens (tertiary/aromatic N) is 1. The summed E-state index contributed by atoms with van der Waals surface area (Å²) in [4.78, 5) is 10.6. The second-order valence-corrected chi connectivity index (χ2v) is 3.08. The predicted octanol–water partition coefficient (Wildman–Crippen LogP) is 1.20.